The van der Waals surface area contributed by atoms with Crippen LogP contribution in [-0.4, -0.2) is 30.6 Å². The zero-order chi connectivity index (χ0) is 12.7. The van der Waals surface area contributed by atoms with Gasteiger partial charge in [-0.25, -0.2) is 4.39 Å². The molecule has 0 aliphatic heterocycles. The number of carbonyl (C=O) groups excluding carboxylic acids is 1. The normalized spacial score (nSPS) is 10.2. The van der Waals surface area contributed by atoms with Gasteiger partial charge in [0.15, 0.2) is 0 Å². The standard InChI is InChI=1S/C12H17FN2O2/c1-2-6-14-7-8-15-12(17)11-9(13)4-3-5-10(11)16/h3-5,14,16H,2,6-8H2,1H3,(H,15,17). The summed E-state index contributed by atoms with van der Waals surface area (Å²) in [4.78, 5) is 11.6. The Morgan fingerprint density at radius 2 is 2.12 bits per heavy atom. The summed E-state index contributed by atoms with van der Waals surface area (Å²) in [6.45, 7) is 3.94. The van der Waals surface area contributed by atoms with Crippen molar-refractivity contribution in [2.24, 2.45) is 0 Å². The number of amides is 1. The molecule has 0 atom stereocenters. The third kappa shape index (κ3) is 4.03. The van der Waals surface area contributed by atoms with Crippen LogP contribution < -0.4 is 10.6 Å². The Kier molecular flexibility index (Phi) is 5.42. The van der Waals surface area contributed by atoms with Gasteiger partial charge in [0, 0.05) is 13.1 Å². The molecule has 3 N–H and O–H groups in total. The number of benzene rings is 1. The first-order chi connectivity index (χ1) is 8.16. The number of rotatable bonds is 6. The second-order valence-electron chi connectivity index (χ2n) is 3.64. The predicted molar refractivity (Wildman–Crippen MR) is 63.6 cm³/mol. The van der Waals surface area contributed by atoms with E-state index >= 15 is 0 Å². The van der Waals surface area contributed by atoms with E-state index in [0.29, 0.717) is 13.1 Å². The fourth-order valence-electron chi connectivity index (χ4n) is 1.39. The summed E-state index contributed by atoms with van der Waals surface area (Å²) < 4.78 is 13.3. The van der Waals surface area contributed by atoms with Crippen LogP contribution in [-0.2, 0) is 0 Å². The zero-order valence-electron chi connectivity index (χ0n) is 9.79. The highest BCUT2D eigenvalue weighted by molar-refractivity contribution is 5.97. The fraction of sp³-hybridized carbons (Fsp3) is 0.417. The molecule has 0 saturated carbocycles. The highest BCUT2D eigenvalue weighted by Crippen LogP contribution is 2.19. The highest BCUT2D eigenvalue weighted by atomic mass is 19.1. The molecule has 0 saturated heterocycles. The first kappa shape index (κ1) is 13.4. The van der Waals surface area contributed by atoms with E-state index in [4.69, 9.17) is 0 Å². The van der Waals surface area contributed by atoms with E-state index < -0.39 is 11.7 Å². The molecule has 1 rings (SSSR count). The minimum Gasteiger partial charge on any atom is -0.507 e. The largest absolute Gasteiger partial charge is 0.507 e. The van der Waals surface area contributed by atoms with Crippen molar-refractivity contribution in [2.75, 3.05) is 19.6 Å². The van der Waals surface area contributed by atoms with E-state index in [2.05, 4.69) is 10.6 Å². The number of phenols is 1. The van der Waals surface area contributed by atoms with Gasteiger partial charge < -0.3 is 15.7 Å². The van der Waals surface area contributed by atoms with Crippen LogP contribution in [0.1, 0.15) is 23.7 Å². The molecule has 1 amide bonds. The van der Waals surface area contributed by atoms with Crippen molar-refractivity contribution in [3.63, 3.8) is 0 Å². The molecule has 5 heteroatoms. The molecule has 0 unspecified atom stereocenters. The summed E-state index contributed by atoms with van der Waals surface area (Å²) in [5.41, 5.74) is -0.303. The van der Waals surface area contributed by atoms with Crippen LogP contribution in [0.4, 0.5) is 4.39 Å². The molecule has 17 heavy (non-hydrogen) atoms. The monoisotopic (exact) mass is 240 g/mol. The molecule has 0 aliphatic carbocycles. The second-order valence-corrected chi connectivity index (χ2v) is 3.64. The van der Waals surface area contributed by atoms with Crippen LogP contribution in [0.3, 0.4) is 0 Å². The number of phenolic OH excluding ortho intramolecular Hbond substituents is 1. The van der Waals surface area contributed by atoms with Gasteiger partial charge in [-0.15, -0.1) is 0 Å². The Balaban J connectivity index is 2.47. The fourth-order valence-corrected chi connectivity index (χ4v) is 1.39. The van der Waals surface area contributed by atoms with Gasteiger partial charge in [-0.05, 0) is 25.1 Å². The van der Waals surface area contributed by atoms with Crippen molar-refractivity contribution in [2.45, 2.75) is 13.3 Å². The Hall–Kier alpha value is -1.62. The molecule has 1 aromatic carbocycles. The van der Waals surface area contributed by atoms with Crippen molar-refractivity contribution in [1.82, 2.24) is 10.6 Å². The average Bonchev–Trinajstić information content (AvgIpc) is 2.28. The summed E-state index contributed by atoms with van der Waals surface area (Å²) in [5.74, 6) is -1.66. The van der Waals surface area contributed by atoms with Crippen molar-refractivity contribution < 1.29 is 14.3 Å². The minimum absolute atomic E-state index is 0.303. The quantitative estimate of drug-likeness (QED) is 0.656. The smallest absolute Gasteiger partial charge is 0.258 e. The molecule has 0 spiro atoms. The number of aromatic hydroxyl groups is 1. The SMILES string of the molecule is CCCNCCNC(=O)c1c(O)cccc1F. The lowest BCUT2D eigenvalue weighted by Crippen LogP contribution is -2.32. The first-order valence-corrected chi connectivity index (χ1v) is 5.63. The van der Waals surface area contributed by atoms with Gasteiger partial charge in [0.25, 0.3) is 5.91 Å². The number of hydrogen-bond donors (Lipinski definition) is 3. The average molecular weight is 240 g/mol. The molecule has 0 fully saturated rings. The van der Waals surface area contributed by atoms with Gasteiger partial charge in [-0.3, -0.25) is 4.79 Å². The van der Waals surface area contributed by atoms with Gasteiger partial charge in [0.1, 0.15) is 17.1 Å². The summed E-state index contributed by atoms with van der Waals surface area (Å²) >= 11 is 0. The molecule has 0 radical (unpaired) electrons. The van der Waals surface area contributed by atoms with Crippen molar-refractivity contribution >= 4 is 5.91 Å². The summed E-state index contributed by atoms with van der Waals surface area (Å²) in [6.07, 6.45) is 1.02. The number of carbonyl (C=O) groups is 1. The maximum atomic E-state index is 13.3. The van der Waals surface area contributed by atoms with Crippen molar-refractivity contribution in [3.05, 3.63) is 29.6 Å². The van der Waals surface area contributed by atoms with E-state index in [1.807, 2.05) is 6.92 Å². The first-order valence-electron chi connectivity index (χ1n) is 5.63. The second kappa shape index (κ2) is 6.85. The van der Waals surface area contributed by atoms with Crippen LogP contribution in [0.25, 0.3) is 0 Å². The van der Waals surface area contributed by atoms with Gasteiger partial charge in [0.2, 0.25) is 0 Å². The third-order valence-electron chi connectivity index (χ3n) is 2.23. The topological polar surface area (TPSA) is 61.4 Å². The molecule has 94 valence electrons. The van der Waals surface area contributed by atoms with Crippen LogP contribution >= 0.6 is 0 Å². The minimum atomic E-state index is -0.719. The van der Waals surface area contributed by atoms with Crippen LogP contribution in [0, 0.1) is 5.82 Å². The van der Waals surface area contributed by atoms with E-state index in [9.17, 15) is 14.3 Å². The van der Waals surface area contributed by atoms with Gasteiger partial charge >= 0.3 is 0 Å². The molecule has 0 heterocycles. The number of nitrogens with one attached hydrogen (secondary N) is 2. The summed E-state index contributed by atoms with van der Waals surface area (Å²) in [6, 6.07) is 3.78. The summed E-state index contributed by atoms with van der Waals surface area (Å²) in [7, 11) is 0. The molecule has 4 nitrogen and oxygen atoms in total. The number of hydrogen-bond acceptors (Lipinski definition) is 3. The molecular formula is C12H17FN2O2. The van der Waals surface area contributed by atoms with Crippen LogP contribution in [0.5, 0.6) is 5.75 Å². The van der Waals surface area contributed by atoms with Crippen molar-refractivity contribution in [3.8, 4) is 5.75 Å². The molecular weight excluding hydrogens is 223 g/mol. The highest BCUT2D eigenvalue weighted by Gasteiger charge is 2.15. The van der Waals surface area contributed by atoms with Gasteiger partial charge in [-0.2, -0.15) is 0 Å². The van der Waals surface area contributed by atoms with E-state index in [1.165, 1.54) is 12.1 Å². The van der Waals surface area contributed by atoms with E-state index in [0.717, 1.165) is 19.0 Å². The lowest BCUT2D eigenvalue weighted by molar-refractivity contribution is 0.0947. The maximum Gasteiger partial charge on any atom is 0.258 e. The van der Waals surface area contributed by atoms with Crippen LogP contribution in [0.15, 0.2) is 18.2 Å². The van der Waals surface area contributed by atoms with Gasteiger partial charge in [0.05, 0.1) is 0 Å². The Bertz CT molecular complexity index is 363. The molecule has 0 bridgehead atoms. The Morgan fingerprint density at radius 1 is 1.35 bits per heavy atom. The lowest BCUT2D eigenvalue weighted by Gasteiger charge is -2.08. The maximum absolute atomic E-state index is 13.3. The van der Waals surface area contributed by atoms with E-state index in [-0.39, 0.29) is 11.3 Å². The summed E-state index contributed by atoms with van der Waals surface area (Å²) in [5, 5.41) is 15.0. The van der Waals surface area contributed by atoms with Crippen LogP contribution in [0.2, 0.25) is 0 Å². The van der Waals surface area contributed by atoms with E-state index in [1.54, 1.807) is 0 Å². The predicted octanol–water partition coefficient (Wildman–Crippen LogP) is 1.26. The van der Waals surface area contributed by atoms with Crippen molar-refractivity contribution in [1.29, 1.82) is 0 Å². The molecule has 0 aliphatic rings. The molecule has 0 aromatic heterocycles. The third-order valence-corrected chi connectivity index (χ3v) is 2.23. The lowest BCUT2D eigenvalue weighted by atomic mass is 10.1. The Morgan fingerprint density at radius 3 is 2.76 bits per heavy atom. The Labute approximate surface area is 99.8 Å². The molecule has 1 aromatic rings. The zero-order valence-corrected chi connectivity index (χ0v) is 9.79. The number of halogens is 1. The van der Waals surface area contributed by atoms with Gasteiger partial charge in [-0.1, -0.05) is 13.0 Å².